The van der Waals surface area contributed by atoms with E-state index in [4.69, 9.17) is 9.47 Å². The molecule has 10 nitrogen and oxygen atoms in total. The number of fused-ring (bicyclic) bond motifs is 2. The van der Waals surface area contributed by atoms with E-state index < -0.39 is 0 Å². The van der Waals surface area contributed by atoms with Crippen molar-refractivity contribution in [2.24, 2.45) is 0 Å². The van der Waals surface area contributed by atoms with Gasteiger partial charge in [-0.1, -0.05) is 0 Å². The fraction of sp³-hybridized carbons (Fsp3) is 0.360. The molecular weight excluding hydrogens is 482 g/mol. The van der Waals surface area contributed by atoms with E-state index in [2.05, 4.69) is 25.5 Å². The van der Waals surface area contributed by atoms with Crippen LogP contribution in [0.4, 0.5) is 5.69 Å². The number of pyridine rings is 2. The Hall–Kier alpha value is -3.57. The van der Waals surface area contributed by atoms with Crippen LogP contribution in [0.1, 0.15) is 23.2 Å². The van der Waals surface area contributed by atoms with Gasteiger partial charge in [0.1, 0.15) is 12.1 Å². The minimum Gasteiger partial charge on any atom is -0.487 e. The smallest absolute Gasteiger partial charge is 0.251 e. The van der Waals surface area contributed by atoms with Gasteiger partial charge in [-0.05, 0) is 37.1 Å². The normalized spacial score (nSPS) is 16.3. The van der Waals surface area contributed by atoms with Crippen molar-refractivity contribution in [1.82, 2.24) is 20.2 Å². The van der Waals surface area contributed by atoms with E-state index in [1.807, 2.05) is 6.07 Å². The number of methoxy groups -OCH3 is 1. The number of carbonyl (C=O) groups excluding carboxylic acids is 2. The van der Waals surface area contributed by atoms with Crippen molar-refractivity contribution in [3.05, 3.63) is 52.3 Å². The molecule has 1 saturated heterocycles. The maximum absolute atomic E-state index is 12.7. The van der Waals surface area contributed by atoms with Crippen molar-refractivity contribution in [3.8, 4) is 11.6 Å². The van der Waals surface area contributed by atoms with Gasteiger partial charge in [-0.2, -0.15) is 0 Å². The summed E-state index contributed by atoms with van der Waals surface area (Å²) < 4.78 is 10.9. The number of anilines is 1. The molecule has 2 aromatic heterocycles. The van der Waals surface area contributed by atoms with Crippen LogP contribution in [0.3, 0.4) is 0 Å². The summed E-state index contributed by atoms with van der Waals surface area (Å²) >= 11 is 1.47. The third-order valence-corrected chi connectivity index (χ3v) is 7.41. The average Bonchev–Trinajstić information content (AvgIpc) is 2.90. The number of nitrogens with zero attached hydrogens (tertiary/aromatic N) is 2. The Bertz CT molecular complexity index is 1350. The number of nitrogens with one attached hydrogen (secondary N) is 3. The van der Waals surface area contributed by atoms with Gasteiger partial charge in [0.15, 0.2) is 5.75 Å². The molecule has 0 aliphatic carbocycles. The van der Waals surface area contributed by atoms with E-state index >= 15 is 0 Å². The Kier molecular flexibility index (Phi) is 7.10. The predicted octanol–water partition coefficient (Wildman–Crippen LogP) is 2.25. The molecule has 0 atom stereocenters. The first-order valence-electron chi connectivity index (χ1n) is 11.8. The van der Waals surface area contributed by atoms with Crippen LogP contribution in [0, 0.1) is 0 Å². The topological polar surface area (TPSA) is 126 Å². The van der Waals surface area contributed by atoms with Gasteiger partial charge in [-0.25, -0.2) is 4.98 Å². The van der Waals surface area contributed by atoms with Gasteiger partial charge in [0.25, 0.3) is 5.91 Å². The lowest BCUT2D eigenvalue weighted by Gasteiger charge is -2.32. The van der Waals surface area contributed by atoms with Crippen LogP contribution < -0.4 is 25.5 Å². The van der Waals surface area contributed by atoms with E-state index in [0.717, 1.165) is 30.8 Å². The molecule has 1 aromatic carbocycles. The number of aromatic amines is 1. The van der Waals surface area contributed by atoms with Crippen LogP contribution in [0.5, 0.6) is 11.6 Å². The minimum absolute atomic E-state index is 0.0523. The lowest BCUT2D eigenvalue weighted by molar-refractivity contribution is -0.113. The summed E-state index contributed by atoms with van der Waals surface area (Å²) in [7, 11) is 1.51. The summed E-state index contributed by atoms with van der Waals surface area (Å²) in [5, 5.41) is 5.93. The number of rotatable bonds is 7. The second-order valence-corrected chi connectivity index (χ2v) is 9.73. The largest absolute Gasteiger partial charge is 0.487 e. The van der Waals surface area contributed by atoms with Gasteiger partial charge in [0.2, 0.25) is 17.2 Å². The Morgan fingerprint density at radius 3 is 2.86 bits per heavy atom. The number of aromatic nitrogens is 2. The van der Waals surface area contributed by atoms with Crippen LogP contribution >= 0.6 is 11.8 Å². The predicted molar refractivity (Wildman–Crippen MR) is 137 cm³/mol. The molecule has 0 spiro atoms. The van der Waals surface area contributed by atoms with Gasteiger partial charge in [-0.15, -0.1) is 11.8 Å². The fourth-order valence-corrected chi connectivity index (χ4v) is 5.14. The van der Waals surface area contributed by atoms with Crippen LogP contribution in [0.25, 0.3) is 11.0 Å². The van der Waals surface area contributed by atoms with E-state index in [0.29, 0.717) is 41.6 Å². The van der Waals surface area contributed by atoms with Gasteiger partial charge in [0, 0.05) is 48.4 Å². The van der Waals surface area contributed by atoms with Gasteiger partial charge >= 0.3 is 0 Å². The molecule has 2 aliphatic heterocycles. The summed E-state index contributed by atoms with van der Waals surface area (Å²) in [6.45, 7) is 2.68. The molecule has 1 fully saturated rings. The van der Waals surface area contributed by atoms with Crippen LogP contribution in [0.15, 0.2) is 46.2 Å². The Labute approximate surface area is 211 Å². The van der Waals surface area contributed by atoms with Gasteiger partial charge in [-0.3, -0.25) is 19.3 Å². The number of piperidine rings is 1. The Morgan fingerprint density at radius 2 is 2.06 bits per heavy atom. The molecule has 5 rings (SSSR count). The number of hydrogen-bond acceptors (Lipinski definition) is 8. The zero-order valence-electron chi connectivity index (χ0n) is 19.8. The molecule has 0 radical (unpaired) electrons. The lowest BCUT2D eigenvalue weighted by atomic mass is 10.0. The SMILES string of the molecule is COc1ccc2[nH]cc(OCCN3CCC(NC(=O)c4ccc5c(c4)NC(=O)CS5)CC3)c(=O)c2n1. The second-order valence-electron chi connectivity index (χ2n) is 8.72. The summed E-state index contributed by atoms with van der Waals surface area (Å²) in [6, 6.07) is 8.93. The summed E-state index contributed by atoms with van der Waals surface area (Å²) in [5.41, 5.74) is 1.86. The number of amides is 2. The average molecular weight is 510 g/mol. The van der Waals surface area contributed by atoms with Gasteiger partial charge in [0.05, 0.1) is 24.1 Å². The van der Waals surface area contributed by atoms with Crippen molar-refractivity contribution in [2.45, 2.75) is 23.8 Å². The molecule has 0 bridgehead atoms. The number of benzene rings is 1. The number of hydrogen-bond donors (Lipinski definition) is 3. The molecule has 11 heteroatoms. The molecule has 2 aliphatic rings. The molecule has 3 N–H and O–H groups in total. The highest BCUT2D eigenvalue weighted by Gasteiger charge is 2.23. The maximum atomic E-state index is 12.7. The summed E-state index contributed by atoms with van der Waals surface area (Å²) in [6.07, 6.45) is 3.21. The minimum atomic E-state index is -0.274. The third kappa shape index (κ3) is 5.31. The number of H-pyrrole nitrogens is 1. The highest BCUT2D eigenvalue weighted by atomic mass is 32.2. The zero-order valence-corrected chi connectivity index (χ0v) is 20.7. The number of carbonyl (C=O) groups is 2. The highest BCUT2D eigenvalue weighted by molar-refractivity contribution is 8.00. The quantitative estimate of drug-likeness (QED) is 0.443. The standard InChI is InChI=1S/C25H27N5O5S/c1-34-22-5-3-17-23(29-22)24(32)19(13-26-17)35-11-10-30-8-6-16(7-9-30)27-25(33)15-2-4-20-18(12-15)28-21(31)14-36-20/h2-5,12-13,16H,6-11,14H2,1H3,(H,26,32)(H,27,33)(H,28,31). The van der Waals surface area contributed by atoms with Gasteiger partial charge < -0.3 is 25.1 Å². The first-order chi connectivity index (χ1) is 17.5. The van der Waals surface area contributed by atoms with Crippen molar-refractivity contribution in [1.29, 1.82) is 0 Å². The third-order valence-electron chi connectivity index (χ3n) is 6.34. The summed E-state index contributed by atoms with van der Waals surface area (Å²) in [5.74, 6) is 0.809. The number of ether oxygens (including phenoxy) is 2. The first-order valence-corrected chi connectivity index (χ1v) is 12.8. The monoisotopic (exact) mass is 509 g/mol. The van der Waals surface area contributed by atoms with E-state index in [1.54, 1.807) is 30.5 Å². The van der Waals surface area contributed by atoms with Crippen molar-refractivity contribution in [3.63, 3.8) is 0 Å². The fourth-order valence-electron chi connectivity index (χ4n) is 4.36. The molecule has 188 valence electrons. The first kappa shape index (κ1) is 24.1. The Morgan fingerprint density at radius 1 is 1.22 bits per heavy atom. The van der Waals surface area contributed by atoms with E-state index in [1.165, 1.54) is 18.9 Å². The molecule has 0 unspecified atom stereocenters. The lowest BCUT2D eigenvalue weighted by Crippen LogP contribution is -2.45. The maximum Gasteiger partial charge on any atom is 0.251 e. The zero-order chi connectivity index (χ0) is 25.1. The van der Waals surface area contributed by atoms with E-state index in [9.17, 15) is 14.4 Å². The molecule has 4 heterocycles. The molecule has 36 heavy (non-hydrogen) atoms. The Balaban J connectivity index is 1.09. The molecule has 3 aromatic rings. The van der Waals surface area contributed by atoms with Crippen LogP contribution in [-0.2, 0) is 4.79 Å². The van der Waals surface area contributed by atoms with Crippen molar-refractivity contribution < 1.29 is 19.1 Å². The number of likely N-dealkylation sites (tertiary alicyclic amines) is 1. The molecule has 2 amide bonds. The van der Waals surface area contributed by atoms with Crippen molar-refractivity contribution in [2.75, 3.05) is 44.4 Å². The molecule has 0 saturated carbocycles. The van der Waals surface area contributed by atoms with Crippen LogP contribution in [-0.4, -0.2) is 71.8 Å². The highest BCUT2D eigenvalue weighted by Crippen LogP contribution is 2.32. The van der Waals surface area contributed by atoms with Crippen molar-refractivity contribution >= 4 is 40.3 Å². The van der Waals surface area contributed by atoms with E-state index in [-0.39, 0.29) is 34.6 Å². The summed E-state index contributed by atoms with van der Waals surface area (Å²) in [4.78, 5) is 47.6. The van der Waals surface area contributed by atoms with Crippen LogP contribution in [0.2, 0.25) is 0 Å². The second kappa shape index (κ2) is 10.6. The molecular formula is C25H27N5O5S. The number of thioether (sulfide) groups is 1.